The molecule has 0 spiro atoms. The number of nitrogens with zero attached hydrogens (tertiary/aromatic N) is 1. The highest BCUT2D eigenvalue weighted by Crippen LogP contribution is 2.18. The molecule has 2 aromatic rings. The molecule has 1 aromatic carbocycles. The molecule has 1 N–H and O–H groups in total. The van der Waals surface area contributed by atoms with E-state index in [4.69, 9.17) is 0 Å². The van der Waals surface area contributed by atoms with Gasteiger partial charge in [-0.1, -0.05) is 30.3 Å². The normalized spacial score (nSPS) is 9.93. The zero-order chi connectivity index (χ0) is 10.5. The lowest BCUT2D eigenvalue weighted by atomic mass is 10.1. The lowest BCUT2D eigenvalue weighted by Gasteiger charge is -2.04. The van der Waals surface area contributed by atoms with Gasteiger partial charge in [-0.2, -0.15) is 0 Å². The van der Waals surface area contributed by atoms with Gasteiger partial charge in [0.2, 0.25) is 0 Å². The van der Waals surface area contributed by atoms with Crippen molar-refractivity contribution >= 4 is 5.82 Å². The van der Waals surface area contributed by atoms with E-state index in [-0.39, 0.29) is 0 Å². The fraction of sp³-hybridized carbons (Fsp3) is 0.154. The van der Waals surface area contributed by atoms with E-state index in [1.807, 2.05) is 30.5 Å². The van der Waals surface area contributed by atoms with Gasteiger partial charge >= 0.3 is 0 Å². The molecule has 1 aromatic heterocycles. The van der Waals surface area contributed by atoms with Crippen molar-refractivity contribution in [2.24, 2.45) is 0 Å². The van der Waals surface area contributed by atoms with Gasteiger partial charge < -0.3 is 5.32 Å². The number of hydrogen-bond donors (Lipinski definition) is 1. The highest BCUT2D eigenvalue weighted by atomic mass is 15.0. The summed E-state index contributed by atoms with van der Waals surface area (Å²) >= 11 is 0. The van der Waals surface area contributed by atoms with Crippen LogP contribution in [0.25, 0.3) is 11.1 Å². The Morgan fingerprint density at radius 3 is 2.40 bits per heavy atom. The number of nitrogens with one attached hydrogen (secondary N) is 1. The van der Waals surface area contributed by atoms with Crippen LogP contribution in [-0.2, 0) is 0 Å². The summed E-state index contributed by atoms with van der Waals surface area (Å²) in [5, 5.41) is 3.18. The summed E-state index contributed by atoms with van der Waals surface area (Å²) in [7, 11) is 0. The smallest absolute Gasteiger partial charge is 0.125 e. The molecule has 0 aliphatic rings. The molecule has 1 heterocycles. The Morgan fingerprint density at radius 2 is 1.80 bits per heavy atom. The average Bonchev–Trinajstić information content (AvgIpc) is 2.32. The van der Waals surface area contributed by atoms with E-state index < -0.39 is 0 Å². The predicted molar refractivity (Wildman–Crippen MR) is 63.8 cm³/mol. The lowest BCUT2D eigenvalue weighted by Crippen LogP contribution is -1.98. The first-order valence-electron chi connectivity index (χ1n) is 5.15. The third-order valence-corrected chi connectivity index (χ3v) is 2.23. The standard InChI is InChI=1S/C13H14N2/c1-2-14-13-9-8-12(10-15-13)11-6-4-3-5-7-11/h3-10H,2H2,1H3,(H,14,15). The largest absolute Gasteiger partial charge is 0.370 e. The summed E-state index contributed by atoms with van der Waals surface area (Å²) in [4.78, 5) is 4.33. The van der Waals surface area contributed by atoms with Crippen molar-refractivity contribution in [1.29, 1.82) is 0 Å². The first kappa shape index (κ1) is 9.71. The van der Waals surface area contributed by atoms with Crippen LogP contribution in [0.3, 0.4) is 0 Å². The molecule has 0 bridgehead atoms. The van der Waals surface area contributed by atoms with Crippen LogP contribution >= 0.6 is 0 Å². The van der Waals surface area contributed by atoms with E-state index >= 15 is 0 Å². The van der Waals surface area contributed by atoms with Gasteiger partial charge in [-0.25, -0.2) is 4.98 Å². The number of anilines is 1. The highest BCUT2D eigenvalue weighted by molar-refractivity contribution is 5.63. The summed E-state index contributed by atoms with van der Waals surface area (Å²) in [6.45, 7) is 2.96. The first-order valence-corrected chi connectivity index (χ1v) is 5.15. The Bertz CT molecular complexity index is 406. The van der Waals surface area contributed by atoms with E-state index in [1.165, 1.54) is 5.56 Å². The van der Waals surface area contributed by atoms with Gasteiger partial charge in [0.1, 0.15) is 5.82 Å². The van der Waals surface area contributed by atoms with Crippen LogP contribution in [-0.4, -0.2) is 11.5 Å². The number of rotatable bonds is 3. The SMILES string of the molecule is CCNc1ccc(-c2ccccc2)cn1. The minimum Gasteiger partial charge on any atom is -0.370 e. The molecular weight excluding hydrogens is 184 g/mol. The van der Waals surface area contributed by atoms with Crippen LogP contribution in [0.15, 0.2) is 48.7 Å². The fourth-order valence-corrected chi connectivity index (χ4v) is 1.48. The molecule has 2 rings (SSSR count). The Balaban J connectivity index is 2.24. The van der Waals surface area contributed by atoms with Crippen molar-refractivity contribution in [2.45, 2.75) is 6.92 Å². The minimum absolute atomic E-state index is 0.900. The third-order valence-electron chi connectivity index (χ3n) is 2.23. The van der Waals surface area contributed by atoms with Gasteiger partial charge in [-0.3, -0.25) is 0 Å². The van der Waals surface area contributed by atoms with Crippen LogP contribution in [0, 0.1) is 0 Å². The van der Waals surface area contributed by atoms with Crippen molar-refractivity contribution in [3.63, 3.8) is 0 Å². The number of pyridine rings is 1. The molecule has 0 amide bonds. The van der Waals surface area contributed by atoms with Gasteiger partial charge in [0, 0.05) is 18.3 Å². The molecule has 2 heteroatoms. The number of benzene rings is 1. The maximum absolute atomic E-state index is 4.33. The fourth-order valence-electron chi connectivity index (χ4n) is 1.48. The zero-order valence-corrected chi connectivity index (χ0v) is 8.77. The molecule has 0 aliphatic heterocycles. The van der Waals surface area contributed by atoms with Gasteiger partial charge in [0.15, 0.2) is 0 Å². The van der Waals surface area contributed by atoms with Gasteiger partial charge in [0.25, 0.3) is 0 Å². The van der Waals surface area contributed by atoms with Crippen molar-refractivity contribution in [3.05, 3.63) is 48.7 Å². The van der Waals surface area contributed by atoms with Crippen molar-refractivity contribution in [2.75, 3.05) is 11.9 Å². The summed E-state index contributed by atoms with van der Waals surface area (Å²) in [6.07, 6.45) is 1.90. The quantitative estimate of drug-likeness (QED) is 0.819. The van der Waals surface area contributed by atoms with Crippen molar-refractivity contribution in [1.82, 2.24) is 4.98 Å². The van der Waals surface area contributed by atoms with Crippen LogP contribution in [0.1, 0.15) is 6.92 Å². The molecule has 2 nitrogen and oxygen atoms in total. The molecule has 0 atom stereocenters. The van der Waals surface area contributed by atoms with E-state index in [0.717, 1.165) is 17.9 Å². The average molecular weight is 198 g/mol. The third kappa shape index (κ3) is 2.34. The molecule has 0 saturated heterocycles. The molecule has 0 radical (unpaired) electrons. The molecule has 76 valence electrons. The maximum atomic E-state index is 4.33. The van der Waals surface area contributed by atoms with Gasteiger partial charge in [0.05, 0.1) is 0 Å². The Kier molecular flexibility index (Phi) is 2.98. The monoisotopic (exact) mass is 198 g/mol. The second kappa shape index (κ2) is 4.60. The summed E-state index contributed by atoms with van der Waals surface area (Å²) in [6, 6.07) is 14.4. The predicted octanol–water partition coefficient (Wildman–Crippen LogP) is 3.18. The Labute approximate surface area is 90.0 Å². The Hall–Kier alpha value is -1.83. The molecule has 0 aliphatic carbocycles. The minimum atomic E-state index is 0.900. The molecular formula is C13H14N2. The first-order chi connectivity index (χ1) is 7.40. The van der Waals surface area contributed by atoms with Gasteiger partial charge in [-0.05, 0) is 24.6 Å². The zero-order valence-electron chi connectivity index (χ0n) is 8.77. The van der Waals surface area contributed by atoms with Crippen LogP contribution in [0.5, 0.6) is 0 Å². The maximum Gasteiger partial charge on any atom is 0.125 e. The van der Waals surface area contributed by atoms with E-state index in [2.05, 4.69) is 35.4 Å². The summed E-state index contributed by atoms with van der Waals surface area (Å²) < 4.78 is 0. The Morgan fingerprint density at radius 1 is 1.00 bits per heavy atom. The molecule has 0 saturated carbocycles. The highest BCUT2D eigenvalue weighted by Gasteiger charge is 1.96. The summed E-state index contributed by atoms with van der Waals surface area (Å²) in [5.74, 6) is 0.928. The van der Waals surface area contributed by atoms with E-state index in [1.54, 1.807) is 0 Å². The van der Waals surface area contributed by atoms with E-state index in [9.17, 15) is 0 Å². The van der Waals surface area contributed by atoms with Crippen LogP contribution < -0.4 is 5.32 Å². The second-order valence-electron chi connectivity index (χ2n) is 3.33. The molecule has 15 heavy (non-hydrogen) atoms. The van der Waals surface area contributed by atoms with Crippen LogP contribution in [0.2, 0.25) is 0 Å². The number of aromatic nitrogens is 1. The van der Waals surface area contributed by atoms with Crippen molar-refractivity contribution in [3.8, 4) is 11.1 Å². The van der Waals surface area contributed by atoms with E-state index in [0.29, 0.717) is 0 Å². The number of hydrogen-bond acceptors (Lipinski definition) is 2. The van der Waals surface area contributed by atoms with Crippen molar-refractivity contribution < 1.29 is 0 Å². The second-order valence-corrected chi connectivity index (χ2v) is 3.33. The van der Waals surface area contributed by atoms with Gasteiger partial charge in [-0.15, -0.1) is 0 Å². The molecule has 0 unspecified atom stereocenters. The topological polar surface area (TPSA) is 24.9 Å². The lowest BCUT2D eigenvalue weighted by molar-refractivity contribution is 1.16. The summed E-state index contributed by atoms with van der Waals surface area (Å²) in [5.41, 5.74) is 2.35. The van der Waals surface area contributed by atoms with Crippen LogP contribution in [0.4, 0.5) is 5.82 Å². The molecule has 0 fully saturated rings.